The second kappa shape index (κ2) is 4.19. The molecule has 4 nitrogen and oxygen atoms in total. The van der Waals surface area contributed by atoms with E-state index in [4.69, 9.17) is 0 Å². The highest BCUT2D eigenvalue weighted by Gasteiger charge is 1.85. The lowest BCUT2D eigenvalue weighted by Gasteiger charge is -1.90. The lowest BCUT2D eigenvalue weighted by atomic mass is 10.4. The molecule has 1 rings (SSSR count). The number of nitrogens with zero attached hydrogens (tertiary/aromatic N) is 1. The van der Waals surface area contributed by atoms with Gasteiger partial charge in [0, 0.05) is 6.92 Å². The highest BCUT2D eigenvalue weighted by atomic mass is 16.1. The summed E-state index contributed by atoms with van der Waals surface area (Å²) in [7, 11) is 0. The van der Waals surface area contributed by atoms with Gasteiger partial charge in [-0.2, -0.15) is 0 Å². The van der Waals surface area contributed by atoms with Crippen LogP contribution in [0.5, 0.6) is 0 Å². The topological polar surface area (TPSA) is 57.8 Å². The van der Waals surface area contributed by atoms with Crippen LogP contribution >= 0.6 is 0 Å². The molecule has 0 saturated heterocycles. The average Bonchev–Trinajstić information content (AvgIpc) is 2.49. The molecule has 4 heteroatoms. The number of carbonyl (C=O) groups excluding carboxylic acids is 1. The number of amides is 1. The Morgan fingerprint density at radius 3 is 3.25 bits per heavy atom. The SMILES string of the molecule is CC(=O)NCC#Cc1cnc[nH]1. The number of hydrogen-bond acceptors (Lipinski definition) is 2. The van der Waals surface area contributed by atoms with Crippen LogP contribution in [0.3, 0.4) is 0 Å². The molecule has 0 atom stereocenters. The van der Waals surface area contributed by atoms with Crippen molar-refractivity contribution >= 4 is 5.91 Å². The lowest BCUT2D eigenvalue weighted by molar-refractivity contribution is -0.118. The van der Waals surface area contributed by atoms with Gasteiger partial charge >= 0.3 is 0 Å². The van der Waals surface area contributed by atoms with E-state index in [1.165, 1.54) is 6.92 Å². The molecule has 0 aromatic carbocycles. The van der Waals surface area contributed by atoms with Gasteiger partial charge in [0.2, 0.25) is 5.91 Å². The summed E-state index contributed by atoms with van der Waals surface area (Å²) in [6, 6.07) is 0. The fraction of sp³-hybridized carbons (Fsp3) is 0.250. The molecular weight excluding hydrogens is 154 g/mol. The second-order valence-corrected chi connectivity index (χ2v) is 2.18. The molecule has 0 radical (unpaired) electrons. The van der Waals surface area contributed by atoms with E-state index >= 15 is 0 Å². The second-order valence-electron chi connectivity index (χ2n) is 2.18. The Balaban J connectivity index is 2.35. The van der Waals surface area contributed by atoms with E-state index in [2.05, 4.69) is 27.1 Å². The highest BCUT2D eigenvalue weighted by Crippen LogP contribution is 1.84. The Morgan fingerprint density at radius 2 is 2.67 bits per heavy atom. The van der Waals surface area contributed by atoms with E-state index < -0.39 is 0 Å². The third-order valence-electron chi connectivity index (χ3n) is 1.15. The van der Waals surface area contributed by atoms with Gasteiger partial charge in [-0.3, -0.25) is 4.79 Å². The molecule has 1 aromatic heterocycles. The van der Waals surface area contributed by atoms with Crippen LogP contribution in [0.15, 0.2) is 12.5 Å². The molecule has 0 unspecified atom stereocenters. The predicted molar refractivity (Wildman–Crippen MR) is 44.1 cm³/mol. The van der Waals surface area contributed by atoms with Gasteiger partial charge in [-0.15, -0.1) is 0 Å². The Labute approximate surface area is 70.4 Å². The fourth-order valence-electron chi connectivity index (χ4n) is 0.632. The molecule has 0 aliphatic rings. The van der Waals surface area contributed by atoms with Gasteiger partial charge in [-0.25, -0.2) is 4.98 Å². The van der Waals surface area contributed by atoms with Crippen molar-refractivity contribution in [2.75, 3.05) is 6.54 Å². The van der Waals surface area contributed by atoms with Gasteiger partial charge in [-0.1, -0.05) is 5.92 Å². The summed E-state index contributed by atoms with van der Waals surface area (Å²) in [4.78, 5) is 17.0. The molecule has 1 heterocycles. The predicted octanol–water partition coefficient (Wildman–Crippen LogP) is -0.103. The molecule has 0 aliphatic carbocycles. The molecule has 12 heavy (non-hydrogen) atoms. The first kappa shape index (κ1) is 8.34. The number of aromatic amines is 1. The summed E-state index contributed by atoms with van der Waals surface area (Å²) in [6.07, 6.45) is 3.18. The minimum absolute atomic E-state index is 0.0751. The van der Waals surface area contributed by atoms with Crippen molar-refractivity contribution in [1.29, 1.82) is 0 Å². The van der Waals surface area contributed by atoms with Crippen LogP contribution in [0.2, 0.25) is 0 Å². The smallest absolute Gasteiger partial charge is 0.217 e. The summed E-state index contributed by atoms with van der Waals surface area (Å²) < 4.78 is 0. The largest absolute Gasteiger partial charge is 0.345 e. The van der Waals surface area contributed by atoms with Crippen LogP contribution in [-0.2, 0) is 4.79 Å². The highest BCUT2D eigenvalue weighted by molar-refractivity contribution is 5.73. The quantitative estimate of drug-likeness (QED) is 0.568. The minimum atomic E-state index is -0.0751. The Morgan fingerprint density at radius 1 is 1.83 bits per heavy atom. The number of H-pyrrole nitrogens is 1. The zero-order valence-electron chi connectivity index (χ0n) is 6.72. The number of aromatic nitrogens is 2. The van der Waals surface area contributed by atoms with E-state index in [-0.39, 0.29) is 5.91 Å². The van der Waals surface area contributed by atoms with Crippen molar-refractivity contribution in [1.82, 2.24) is 15.3 Å². The van der Waals surface area contributed by atoms with Gasteiger partial charge in [0.25, 0.3) is 0 Å². The number of imidazole rings is 1. The molecule has 0 spiro atoms. The lowest BCUT2D eigenvalue weighted by Crippen LogP contribution is -2.19. The van der Waals surface area contributed by atoms with Crippen LogP contribution in [-0.4, -0.2) is 22.4 Å². The van der Waals surface area contributed by atoms with Crippen LogP contribution < -0.4 is 5.32 Å². The third-order valence-corrected chi connectivity index (χ3v) is 1.15. The maximum absolute atomic E-state index is 10.4. The summed E-state index contributed by atoms with van der Waals surface area (Å²) in [5.74, 6) is 5.49. The Hall–Kier alpha value is -1.76. The summed E-state index contributed by atoms with van der Waals surface area (Å²) in [6.45, 7) is 1.83. The summed E-state index contributed by atoms with van der Waals surface area (Å²) >= 11 is 0. The molecule has 2 N–H and O–H groups in total. The van der Waals surface area contributed by atoms with Crippen LogP contribution in [0.25, 0.3) is 0 Å². The molecule has 0 saturated carbocycles. The standard InChI is InChI=1S/C8H9N3O/c1-7(12)10-4-2-3-8-5-9-6-11-8/h5-6H,4H2,1H3,(H,9,11)(H,10,12). The van der Waals surface area contributed by atoms with Crippen molar-refractivity contribution in [3.63, 3.8) is 0 Å². The Bertz CT molecular complexity index is 305. The molecular formula is C8H9N3O. The van der Waals surface area contributed by atoms with Crippen LogP contribution in [0.4, 0.5) is 0 Å². The van der Waals surface area contributed by atoms with E-state index in [0.717, 1.165) is 5.69 Å². The van der Waals surface area contributed by atoms with Crippen LogP contribution in [0.1, 0.15) is 12.6 Å². The molecule has 0 aliphatic heterocycles. The number of nitrogens with one attached hydrogen (secondary N) is 2. The normalized spacial score (nSPS) is 8.42. The summed E-state index contributed by atoms with van der Waals surface area (Å²) in [5, 5.41) is 2.56. The van der Waals surface area contributed by atoms with E-state index in [1.54, 1.807) is 12.5 Å². The number of carbonyl (C=O) groups is 1. The summed E-state index contributed by atoms with van der Waals surface area (Å²) in [5.41, 5.74) is 0.750. The first-order valence-corrected chi connectivity index (χ1v) is 3.50. The van der Waals surface area contributed by atoms with Gasteiger partial charge in [-0.05, 0) is 5.92 Å². The van der Waals surface area contributed by atoms with Gasteiger partial charge in [0.15, 0.2) is 0 Å². The number of rotatable bonds is 1. The van der Waals surface area contributed by atoms with Crippen molar-refractivity contribution in [3.05, 3.63) is 18.2 Å². The van der Waals surface area contributed by atoms with E-state index in [0.29, 0.717) is 6.54 Å². The van der Waals surface area contributed by atoms with Crippen molar-refractivity contribution < 1.29 is 4.79 Å². The first-order valence-electron chi connectivity index (χ1n) is 3.50. The molecule has 0 bridgehead atoms. The molecule has 1 aromatic rings. The van der Waals surface area contributed by atoms with Crippen molar-refractivity contribution in [3.8, 4) is 11.8 Å². The molecule has 0 fully saturated rings. The van der Waals surface area contributed by atoms with Gasteiger partial charge < -0.3 is 10.3 Å². The first-order chi connectivity index (χ1) is 5.79. The zero-order chi connectivity index (χ0) is 8.81. The van der Waals surface area contributed by atoms with Crippen LogP contribution in [0, 0.1) is 11.8 Å². The van der Waals surface area contributed by atoms with Crippen molar-refractivity contribution in [2.24, 2.45) is 0 Å². The van der Waals surface area contributed by atoms with Gasteiger partial charge in [0.1, 0.15) is 5.69 Å². The van der Waals surface area contributed by atoms with Gasteiger partial charge in [0.05, 0.1) is 19.1 Å². The molecule has 62 valence electrons. The van der Waals surface area contributed by atoms with Crippen molar-refractivity contribution in [2.45, 2.75) is 6.92 Å². The van der Waals surface area contributed by atoms with E-state index in [1.807, 2.05) is 0 Å². The zero-order valence-corrected chi connectivity index (χ0v) is 6.72. The third kappa shape index (κ3) is 2.88. The fourth-order valence-corrected chi connectivity index (χ4v) is 0.632. The Kier molecular flexibility index (Phi) is 2.91. The average molecular weight is 163 g/mol. The number of hydrogen-bond donors (Lipinski definition) is 2. The maximum Gasteiger partial charge on any atom is 0.217 e. The monoisotopic (exact) mass is 163 g/mol. The van der Waals surface area contributed by atoms with E-state index in [9.17, 15) is 4.79 Å². The minimum Gasteiger partial charge on any atom is -0.345 e. The maximum atomic E-state index is 10.4. The molecule has 1 amide bonds.